The molecule has 14 nitrogen and oxygen atoms in total. The van der Waals surface area contributed by atoms with E-state index in [-0.39, 0.29) is 22.9 Å². The van der Waals surface area contributed by atoms with E-state index < -0.39 is 16.9 Å². The van der Waals surface area contributed by atoms with Crippen LogP contribution in [0.15, 0.2) is 25.2 Å². The van der Waals surface area contributed by atoms with Crippen molar-refractivity contribution in [3.8, 4) is 0 Å². The first-order valence-electron chi connectivity index (χ1n) is 14.3. The first-order valence-corrected chi connectivity index (χ1v) is 14.3. The Morgan fingerprint density at radius 3 is 2.12 bits per heavy atom. The van der Waals surface area contributed by atoms with Gasteiger partial charge in [-0.3, -0.25) is 27.9 Å². The van der Waals surface area contributed by atoms with E-state index in [1.54, 1.807) is 20.2 Å². The molecule has 0 bridgehead atoms. The number of aromatic nitrogens is 9. The molecule has 0 aromatic carbocycles. The van der Waals surface area contributed by atoms with Crippen LogP contribution >= 0.6 is 0 Å². The molecule has 0 amide bonds. The summed E-state index contributed by atoms with van der Waals surface area (Å²) in [5, 5.41) is 19.3. The molecule has 0 saturated carbocycles. The number of fused-ring (bicyclic) bond motifs is 6. The number of aryl methyl sites for hydroxylation is 4. The Kier molecular flexibility index (Phi) is 6.58. The van der Waals surface area contributed by atoms with Crippen molar-refractivity contribution < 1.29 is 0 Å². The van der Waals surface area contributed by atoms with E-state index in [0.717, 1.165) is 57.9 Å². The van der Waals surface area contributed by atoms with Crippen LogP contribution in [0, 0.1) is 0 Å². The SMILES string of the molecule is CCCN(c1cc2c(=O)n(C)c(=O)n(C)c2nn1)C1CCCc2c1n(CCC)c1nnc3c(c(=O)n(C)c(=O)n3C)c21. The second-order valence-corrected chi connectivity index (χ2v) is 11.1. The van der Waals surface area contributed by atoms with Gasteiger partial charge in [0.25, 0.3) is 11.1 Å². The molecule has 5 heterocycles. The molecule has 0 N–H and O–H groups in total. The minimum atomic E-state index is -0.460. The molecule has 42 heavy (non-hydrogen) atoms. The normalized spacial score (nSPS) is 15.1. The van der Waals surface area contributed by atoms with E-state index in [9.17, 15) is 19.2 Å². The predicted octanol–water partition coefficient (Wildman–Crippen LogP) is 1.03. The largest absolute Gasteiger partial charge is 0.347 e. The zero-order valence-corrected chi connectivity index (χ0v) is 24.7. The van der Waals surface area contributed by atoms with Crippen molar-refractivity contribution in [3.05, 3.63) is 59.0 Å². The average Bonchev–Trinajstić information content (AvgIpc) is 3.32. The van der Waals surface area contributed by atoms with E-state index in [1.807, 2.05) is 0 Å². The molecule has 0 spiro atoms. The molecule has 0 aliphatic heterocycles. The van der Waals surface area contributed by atoms with Crippen LogP contribution in [0.25, 0.3) is 33.1 Å². The van der Waals surface area contributed by atoms with E-state index >= 15 is 0 Å². The van der Waals surface area contributed by atoms with Gasteiger partial charge in [-0.15, -0.1) is 20.4 Å². The van der Waals surface area contributed by atoms with Crippen LogP contribution in [0.2, 0.25) is 0 Å². The molecular weight excluding hydrogens is 540 g/mol. The summed E-state index contributed by atoms with van der Waals surface area (Å²) in [5.41, 5.74) is 1.47. The van der Waals surface area contributed by atoms with E-state index in [0.29, 0.717) is 35.3 Å². The lowest BCUT2D eigenvalue weighted by atomic mass is 9.90. The average molecular weight is 575 g/mol. The molecule has 5 aromatic heterocycles. The molecule has 1 atom stereocenters. The number of hydrogen-bond acceptors (Lipinski definition) is 9. The fraction of sp³-hybridized carbons (Fsp3) is 0.500. The standard InChI is InChI=1S/C28H34N10O4/c1-7-12-37(18-14-16-22(30-29-18)33(3)27(41)35(5)25(16)39)17-11-9-10-15-19-20-23(34(4)28(42)36(6)26(20)40)31-32-24(19)38(13-8-2)21(15)17/h14,17H,7-13H2,1-6H3. The molecule has 1 aliphatic carbocycles. The van der Waals surface area contributed by atoms with Gasteiger partial charge in [0.1, 0.15) is 0 Å². The van der Waals surface area contributed by atoms with Crippen LogP contribution in [0.5, 0.6) is 0 Å². The fourth-order valence-corrected chi connectivity index (χ4v) is 6.48. The zero-order valence-electron chi connectivity index (χ0n) is 24.7. The lowest BCUT2D eigenvalue weighted by Gasteiger charge is -2.36. The number of rotatable bonds is 6. The summed E-state index contributed by atoms with van der Waals surface area (Å²) in [6.07, 6.45) is 4.08. The molecular formula is C28H34N10O4. The highest BCUT2D eigenvalue weighted by atomic mass is 16.2. The summed E-state index contributed by atoms with van der Waals surface area (Å²) in [5.74, 6) is 0.542. The van der Waals surface area contributed by atoms with Gasteiger partial charge in [0.15, 0.2) is 22.8 Å². The summed E-state index contributed by atoms with van der Waals surface area (Å²) < 4.78 is 7.05. The minimum Gasteiger partial charge on any atom is -0.347 e. The van der Waals surface area contributed by atoms with Crippen molar-refractivity contribution in [1.82, 2.24) is 43.2 Å². The highest BCUT2D eigenvalue weighted by Gasteiger charge is 2.34. The summed E-state index contributed by atoms with van der Waals surface area (Å²) in [7, 11) is 6.11. The van der Waals surface area contributed by atoms with Gasteiger partial charge in [-0.25, -0.2) is 9.59 Å². The zero-order chi connectivity index (χ0) is 30.0. The Balaban J connectivity index is 1.65. The maximum Gasteiger partial charge on any atom is 0.332 e. The molecule has 1 aliphatic rings. The third kappa shape index (κ3) is 3.77. The highest BCUT2D eigenvalue weighted by Crippen LogP contribution is 2.42. The Hall–Kier alpha value is -4.62. The molecule has 220 valence electrons. The van der Waals surface area contributed by atoms with Crippen LogP contribution in [-0.2, 0) is 41.2 Å². The number of anilines is 1. The molecule has 6 rings (SSSR count). The lowest BCUT2D eigenvalue weighted by Crippen LogP contribution is -2.38. The highest BCUT2D eigenvalue weighted by molar-refractivity contribution is 6.04. The lowest BCUT2D eigenvalue weighted by molar-refractivity contribution is 0.477. The van der Waals surface area contributed by atoms with Crippen LogP contribution in [-0.4, -0.2) is 49.8 Å². The third-order valence-electron chi connectivity index (χ3n) is 8.49. The van der Waals surface area contributed by atoms with Gasteiger partial charge >= 0.3 is 11.4 Å². The topological polar surface area (TPSA) is 148 Å². The Bertz CT molecular complexity index is 2150. The van der Waals surface area contributed by atoms with Crippen LogP contribution in [0.4, 0.5) is 5.82 Å². The summed E-state index contributed by atoms with van der Waals surface area (Å²) >= 11 is 0. The van der Waals surface area contributed by atoms with Crippen LogP contribution in [0.3, 0.4) is 0 Å². The van der Waals surface area contributed by atoms with Gasteiger partial charge < -0.3 is 9.47 Å². The summed E-state index contributed by atoms with van der Waals surface area (Å²) in [6.45, 7) is 5.48. The quantitative estimate of drug-likeness (QED) is 0.290. The van der Waals surface area contributed by atoms with Crippen LogP contribution < -0.4 is 27.4 Å². The van der Waals surface area contributed by atoms with Gasteiger partial charge in [-0.05, 0) is 43.7 Å². The van der Waals surface area contributed by atoms with E-state index in [1.165, 1.54) is 23.2 Å². The second kappa shape index (κ2) is 10.0. The van der Waals surface area contributed by atoms with Gasteiger partial charge in [0.2, 0.25) is 0 Å². The minimum absolute atomic E-state index is 0.135. The Morgan fingerprint density at radius 2 is 1.43 bits per heavy atom. The third-order valence-corrected chi connectivity index (χ3v) is 8.49. The van der Waals surface area contributed by atoms with Crippen molar-refractivity contribution in [2.75, 3.05) is 11.4 Å². The van der Waals surface area contributed by atoms with Crippen molar-refractivity contribution in [2.45, 2.75) is 58.5 Å². The Morgan fingerprint density at radius 1 is 0.786 bits per heavy atom. The molecule has 1 unspecified atom stereocenters. The summed E-state index contributed by atoms with van der Waals surface area (Å²) in [6, 6.07) is 1.59. The first kappa shape index (κ1) is 27.5. The van der Waals surface area contributed by atoms with Gasteiger partial charge in [-0.2, -0.15) is 0 Å². The predicted molar refractivity (Wildman–Crippen MR) is 159 cm³/mol. The van der Waals surface area contributed by atoms with Crippen molar-refractivity contribution >= 4 is 38.9 Å². The number of hydrogen-bond donors (Lipinski definition) is 0. The molecule has 0 saturated heterocycles. The van der Waals surface area contributed by atoms with Crippen molar-refractivity contribution in [2.24, 2.45) is 28.2 Å². The monoisotopic (exact) mass is 574 g/mol. The van der Waals surface area contributed by atoms with Crippen LogP contribution in [0.1, 0.15) is 56.8 Å². The van der Waals surface area contributed by atoms with Gasteiger partial charge in [0.05, 0.1) is 16.8 Å². The van der Waals surface area contributed by atoms with Gasteiger partial charge in [-0.1, -0.05) is 13.8 Å². The fourth-order valence-electron chi connectivity index (χ4n) is 6.48. The maximum atomic E-state index is 13.5. The second-order valence-electron chi connectivity index (χ2n) is 11.1. The first-order chi connectivity index (χ1) is 20.1. The molecule has 5 aromatic rings. The van der Waals surface area contributed by atoms with E-state index in [4.69, 9.17) is 0 Å². The van der Waals surface area contributed by atoms with E-state index in [2.05, 4.69) is 43.7 Å². The van der Waals surface area contributed by atoms with Crippen molar-refractivity contribution in [1.29, 1.82) is 0 Å². The Labute approximate surface area is 239 Å². The van der Waals surface area contributed by atoms with Crippen molar-refractivity contribution in [3.63, 3.8) is 0 Å². The maximum absolute atomic E-state index is 13.5. The molecule has 0 fully saturated rings. The smallest absolute Gasteiger partial charge is 0.332 e. The number of nitrogens with zero attached hydrogens (tertiary/aromatic N) is 10. The van der Waals surface area contributed by atoms with Gasteiger partial charge in [0, 0.05) is 52.4 Å². The molecule has 14 heteroatoms. The molecule has 0 radical (unpaired) electrons. The summed E-state index contributed by atoms with van der Waals surface area (Å²) in [4.78, 5) is 53.9.